The van der Waals surface area contributed by atoms with Crippen molar-refractivity contribution in [1.29, 1.82) is 0 Å². The van der Waals surface area contributed by atoms with E-state index in [2.05, 4.69) is 9.88 Å². The van der Waals surface area contributed by atoms with Crippen LogP contribution in [0.4, 0.5) is 5.69 Å². The molecule has 4 rings (SSSR count). The van der Waals surface area contributed by atoms with Crippen molar-refractivity contribution in [3.8, 4) is 5.75 Å². The second-order valence-electron chi connectivity index (χ2n) is 8.08. The molecular formula is C22H30N4O5S. The molecule has 10 heteroatoms. The predicted molar refractivity (Wildman–Crippen MR) is 121 cm³/mol. The number of benzene rings is 1. The highest BCUT2D eigenvalue weighted by atomic mass is 32.2. The number of morpholine rings is 1. The quantitative estimate of drug-likeness (QED) is 0.726. The van der Waals surface area contributed by atoms with Gasteiger partial charge in [0.25, 0.3) is 5.91 Å². The van der Waals surface area contributed by atoms with Crippen molar-refractivity contribution < 1.29 is 22.7 Å². The van der Waals surface area contributed by atoms with Crippen LogP contribution >= 0.6 is 0 Å². The van der Waals surface area contributed by atoms with Gasteiger partial charge in [-0.2, -0.15) is 4.31 Å². The Morgan fingerprint density at radius 1 is 1.06 bits per heavy atom. The standard InChI is InChI=1S/C22H30N4O5S/c1-16-20(23-17(2)21(16)32(28,29)26-11-13-31-14-12-26)22(27)25-9-7-24(8-10-25)18-5-4-6-19(15-18)30-3/h4-6,15,23H,7-14H2,1-3H3. The number of hydrogen-bond donors (Lipinski definition) is 1. The molecule has 0 unspecified atom stereocenters. The molecule has 0 bridgehead atoms. The number of anilines is 1. The van der Waals surface area contributed by atoms with Crippen molar-refractivity contribution in [2.75, 3.05) is 64.5 Å². The van der Waals surface area contributed by atoms with Crippen molar-refractivity contribution in [3.05, 3.63) is 41.2 Å². The largest absolute Gasteiger partial charge is 0.497 e. The third-order valence-electron chi connectivity index (χ3n) is 6.14. The fraction of sp³-hybridized carbons (Fsp3) is 0.500. The molecular weight excluding hydrogens is 432 g/mol. The third kappa shape index (κ3) is 4.22. The second kappa shape index (κ2) is 9.13. The number of aromatic amines is 1. The predicted octanol–water partition coefficient (Wildman–Crippen LogP) is 1.62. The van der Waals surface area contributed by atoms with Crippen LogP contribution in [0.25, 0.3) is 0 Å². The number of methoxy groups -OCH3 is 1. The van der Waals surface area contributed by atoms with E-state index in [4.69, 9.17) is 9.47 Å². The number of amides is 1. The van der Waals surface area contributed by atoms with E-state index in [1.807, 2.05) is 24.3 Å². The fourth-order valence-electron chi connectivity index (χ4n) is 4.38. The van der Waals surface area contributed by atoms with Crippen molar-refractivity contribution in [2.45, 2.75) is 18.7 Å². The molecule has 0 radical (unpaired) electrons. The average Bonchev–Trinajstić information content (AvgIpc) is 3.13. The summed E-state index contributed by atoms with van der Waals surface area (Å²) in [7, 11) is -2.04. The smallest absolute Gasteiger partial charge is 0.270 e. The summed E-state index contributed by atoms with van der Waals surface area (Å²) in [5.41, 5.74) is 2.38. The normalized spacial score (nSPS) is 18.1. The Morgan fingerprint density at radius 2 is 1.75 bits per heavy atom. The van der Waals surface area contributed by atoms with Gasteiger partial charge in [-0.25, -0.2) is 8.42 Å². The maximum Gasteiger partial charge on any atom is 0.270 e. The van der Waals surface area contributed by atoms with Crippen LogP contribution in [-0.2, 0) is 14.8 Å². The van der Waals surface area contributed by atoms with E-state index < -0.39 is 10.0 Å². The highest BCUT2D eigenvalue weighted by molar-refractivity contribution is 7.89. The Bertz CT molecular complexity index is 1080. The minimum Gasteiger partial charge on any atom is -0.497 e. The minimum absolute atomic E-state index is 0.167. The molecule has 0 aliphatic carbocycles. The zero-order chi connectivity index (χ0) is 22.9. The number of nitrogens with zero attached hydrogens (tertiary/aromatic N) is 3. The zero-order valence-electron chi connectivity index (χ0n) is 18.8. The lowest BCUT2D eigenvalue weighted by molar-refractivity contribution is 0.0729. The molecule has 9 nitrogen and oxygen atoms in total. The van der Waals surface area contributed by atoms with Gasteiger partial charge in [0.05, 0.1) is 20.3 Å². The minimum atomic E-state index is -3.69. The van der Waals surface area contributed by atoms with Crippen LogP contribution in [-0.4, -0.2) is 88.1 Å². The summed E-state index contributed by atoms with van der Waals surface area (Å²) >= 11 is 0. The molecule has 3 heterocycles. The molecule has 2 aliphatic heterocycles. The molecule has 0 atom stereocenters. The third-order valence-corrected chi connectivity index (χ3v) is 8.31. The highest BCUT2D eigenvalue weighted by Gasteiger charge is 2.34. The van der Waals surface area contributed by atoms with Crippen LogP contribution < -0.4 is 9.64 Å². The maximum absolute atomic E-state index is 13.3. The summed E-state index contributed by atoms with van der Waals surface area (Å²) in [6, 6.07) is 7.87. The van der Waals surface area contributed by atoms with Gasteiger partial charge in [-0.15, -0.1) is 0 Å². The molecule has 1 aromatic heterocycles. The van der Waals surface area contributed by atoms with Crippen LogP contribution in [0.15, 0.2) is 29.2 Å². The molecule has 2 aliphatic rings. The molecule has 1 amide bonds. The molecule has 0 spiro atoms. The van der Waals surface area contributed by atoms with E-state index in [0.29, 0.717) is 69.4 Å². The molecule has 2 saturated heterocycles. The van der Waals surface area contributed by atoms with Gasteiger partial charge in [-0.1, -0.05) is 6.07 Å². The van der Waals surface area contributed by atoms with Gasteiger partial charge >= 0.3 is 0 Å². The number of aryl methyl sites for hydroxylation is 1. The van der Waals surface area contributed by atoms with E-state index in [0.717, 1.165) is 11.4 Å². The fourth-order valence-corrected chi connectivity index (χ4v) is 6.20. The Balaban J connectivity index is 1.49. The van der Waals surface area contributed by atoms with E-state index in [-0.39, 0.29) is 10.8 Å². The number of carbonyl (C=O) groups excluding carboxylic acids is 1. The summed E-state index contributed by atoms with van der Waals surface area (Å²) in [6.07, 6.45) is 0. The van der Waals surface area contributed by atoms with E-state index in [1.165, 1.54) is 4.31 Å². The summed E-state index contributed by atoms with van der Waals surface area (Å²) in [4.78, 5) is 20.5. The summed E-state index contributed by atoms with van der Waals surface area (Å²) in [5.74, 6) is 0.631. The number of nitrogens with one attached hydrogen (secondary N) is 1. The van der Waals surface area contributed by atoms with Crippen molar-refractivity contribution in [1.82, 2.24) is 14.2 Å². The first-order valence-corrected chi connectivity index (χ1v) is 12.2. The first kappa shape index (κ1) is 22.6. The van der Waals surface area contributed by atoms with Gasteiger partial charge in [0.1, 0.15) is 16.3 Å². The maximum atomic E-state index is 13.3. The second-order valence-corrected chi connectivity index (χ2v) is 9.95. The molecule has 2 aromatic rings. The lowest BCUT2D eigenvalue weighted by Crippen LogP contribution is -2.49. The Hall–Kier alpha value is -2.56. The topological polar surface area (TPSA) is 95.2 Å². The van der Waals surface area contributed by atoms with E-state index in [1.54, 1.807) is 25.9 Å². The van der Waals surface area contributed by atoms with Crippen LogP contribution in [0.3, 0.4) is 0 Å². The number of carbonyl (C=O) groups is 1. The Labute approximate surface area is 188 Å². The highest BCUT2D eigenvalue weighted by Crippen LogP contribution is 2.28. The van der Waals surface area contributed by atoms with E-state index in [9.17, 15) is 13.2 Å². The average molecular weight is 463 g/mol. The molecule has 174 valence electrons. The van der Waals surface area contributed by atoms with Gasteiger partial charge < -0.3 is 24.3 Å². The molecule has 0 saturated carbocycles. The molecule has 32 heavy (non-hydrogen) atoms. The number of ether oxygens (including phenoxy) is 2. The molecule has 2 fully saturated rings. The first-order chi connectivity index (χ1) is 15.3. The van der Waals surface area contributed by atoms with Crippen molar-refractivity contribution in [2.24, 2.45) is 0 Å². The zero-order valence-corrected chi connectivity index (χ0v) is 19.6. The number of aromatic nitrogens is 1. The molecule has 1 aromatic carbocycles. The monoisotopic (exact) mass is 462 g/mol. The van der Waals surface area contributed by atoms with Gasteiger partial charge in [0.2, 0.25) is 10.0 Å². The van der Waals surface area contributed by atoms with Crippen molar-refractivity contribution in [3.63, 3.8) is 0 Å². The lowest BCUT2D eigenvalue weighted by atomic mass is 10.2. The van der Waals surface area contributed by atoms with Crippen LogP contribution in [0.5, 0.6) is 5.75 Å². The van der Waals surface area contributed by atoms with Crippen LogP contribution in [0.1, 0.15) is 21.7 Å². The van der Waals surface area contributed by atoms with Gasteiger partial charge in [0.15, 0.2) is 0 Å². The number of sulfonamides is 1. The summed E-state index contributed by atoms with van der Waals surface area (Å²) in [5, 5.41) is 0. The number of hydrogen-bond acceptors (Lipinski definition) is 6. The van der Waals surface area contributed by atoms with Gasteiger partial charge in [-0.05, 0) is 31.5 Å². The first-order valence-electron chi connectivity index (χ1n) is 10.8. The SMILES string of the molecule is COc1cccc(N2CCN(C(=O)c3[nH]c(C)c(S(=O)(=O)N4CCOCC4)c3C)CC2)c1. The van der Waals surface area contributed by atoms with Gasteiger partial charge in [0, 0.05) is 56.7 Å². The summed E-state index contributed by atoms with van der Waals surface area (Å²) < 4.78 is 38.4. The number of rotatable bonds is 5. The number of piperazine rings is 1. The molecule has 1 N–H and O–H groups in total. The van der Waals surface area contributed by atoms with Crippen LogP contribution in [0.2, 0.25) is 0 Å². The van der Waals surface area contributed by atoms with E-state index >= 15 is 0 Å². The number of H-pyrrole nitrogens is 1. The Morgan fingerprint density at radius 3 is 2.41 bits per heavy atom. The van der Waals surface area contributed by atoms with Gasteiger partial charge in [-0.3, -0.25) is 4.79 Å². The van der Waals surface area contributed by atoms with Crippen LogP contribution in [0, 0.1) is 13.8 Å². The lowest BCUT2D eigenvalue weighted by Gasteiger charge is -2.36. The summed E-state index contributed by atoms with van der Waals surface area (Å²) in [6.45, 7) is 7.31. The Kier molecular flexibility index (Phi) is 6.45. The van der Waals surface area contributed by atoms with Crippen molar-refractivity contribution >= 4 is 21.6 Å².